The van der Waals surface area contributed by atoms with E-state index in [1.165, 1.54) is 89.0 Å². The van der Waals surface area contributed by atoms with Crippen LogP contribution in [-0.2, 0) is 5.41 Å². The van der Waals surface area contributed by atoms with Gasteiger partial charge in [0.2, 0.25) is 0 Å². The molecular formula is C73H50N2. The van der Waals surface area contributed by atoms with Gasteiger partial charge < -0.3 is 9.80 Å². The molecule has 0 aliphatic heterocycles. The molecule has 0 saturated heterocycles. The van der Waals surface area contributed by atoms with Crippen molar-refractivity contribution in [3.8, 4) is 66.8 Å². The van der Waals surface area contributed by atoms with Gasteiger partial charge in [-0.1, -0.05) is 231 Å². The van der Waals surface area contributed by atoms with Crippen LogP contribution in [0.25, 0.3) is 66.8 Å². The summed E-state index contributed by atoms with van der Waals surface area (Å²) in [6, 6.07) is 111. The Morgan fingerprint density at radius 1 is 0.173 bits per heavy atom. The number of fused-ring (bicyclic) bond motifs is 10. The van der Waals surface area contributed by atoms with Crippen molar-refractivity contribution in [2.24, 2.45) is 0 Å². The van der Waals surface area contributed by atoms with Crippen LogP contribution in [0.15, 0.2) is 303 Å². The van der Waals surface area contributed by atoms with Gasteiger partial charge >= 0.3 is 0 Å². The SMILES string of the molecule is c1ccc(-c2ccc(N(c3cccc(-c4ccccc4)c3)c3ccc4c(c3)C3(c5ccccc5-c5ccccc53)c3cc(N(c5ccc(-c6ccccc6)cc5)c5cccc(-c6ccccc6)c5)ccc3-4)cc2)cc1. The van der Waals surface area contributed by atoms with Gasteiger partial charge in [-0.05, 0) is 162 Å². The largest absolute Gasteiger partial charge is 0.310 e. The van der Waals surface area contributed by atoms with E-state index in [1.807, 2.05) is 0 Å². The van der Waals surface area contributed by atoms with Crippen molar-refractivity contribution < 1.29 is 0 Å². The first kappa shape index (κ1) is 44.0. The molecule has 0 amide bonds. The molecule has 14 rings (SSSR count). The van der Waals surface area contributed by atoms with Crippen molar-refractivity contribution in [3.05, 3.63) is 326 Å². The molecule has 75 heavy (non-hydrogen) atoms. The second kappa shape index (κ2) is 18.4. The molecule has 2 aliphatic rings. The highest BCUT2D eigenvalue weighted by atomic mass is 15.1. The van der Waals surface area contributed by atoms with Gasteiger partial charge in [0.05, 0.1) is 5.41 Å². The molecule has 0 saturated carbocycles. The van der Waals surface area contributed by atoms with Crippen molar-refractivity contribution >= 4 is 34.1 Å². The fourth-order valence-corrected chi connectivity index (χ4v) is 12.1. The highest BCUT2D eigenvalue weighted by Crippen LogP contribution is 2.64. The number of benzene rings is 12. The molecule has 0 fully saturated rings. The monoisotopic (exact) mass is 954 g/mol. The van der Waals surface area contributed by atoms with Gasteiger partial charge in [-0.3, -0.25) is 0 Å². The van der Waals surface area contributed by atoms with E-state index in [2.05, 4.69) is 313 Å². The summed E-state index contributed by atoms with van der Waals surface area (Å²) >= 11 is 0. The Balaban J connectivity index is 0.978. The van der Waals surface area contributed by atoms with Crippen LogP contribution >= 0.6 is 0 Å². The standard InChI is InChI=1S/C73H50N2/c1-5-19-51(20-6-1)55-35-39-59(40-36-55)74(61-29-17-27-57(47-61)53-23-9-3-10-24-53)63-43-45-67-68-46-44-64(50-72(68)73(71(67)49-63)69-33-15-13-31-65(69)66-32-14-16-34-70(66)73)75(60-41-37-56(38-42-60)52-21-7-2-8-22-52)62-30-18-28-58(48-62)54-25-11-4-12-26-54/h1-50H. The summed E-state index contributed by atoms with van der Waals surface area (Å²) in [5.74, 6) is 0. The molecule has 0 bridgehead atoms. The molecule has 0 unspecified atom stereocenters. The lowest BCUT2D eigenvalue weighted by molar-refractivity contribution is 0.793. The smallest absolute Gasteiger partial charge is 0.0727 e. The fraction of sp³-hybridized carbons (Fsp3) is 0.0137. The van der Waals surface area contributed by atoms with Crippen LogP contribution in [0, 0.1) is 0 Å². The van der Waals surface area contributed by atoms with Gasteiger partial charge in [0.1, 0.15) is 0 Å². The maximum atomic E-state index is 2.50. The summed E-state index contributed by atoms with van der Waals surface area (Å²) in [6.07, 6.45) is 0. The minimum atomic E-state index is -0.618. The average molecular weight is 955 g/mol. The fourth-order valence-electron chi connectivity index (χ4n) is 12.1. The third-order valence-corrected chi connectivity index (χ3v) is 15.5. The Morgan fingerprint density at radius 2 is 0.453 bits per heavy atom. The molecule has 0 atom stereocenters. The van der Waals surface area contributed by atoms with E-state index in [1.54, 1.807) is 0 Å². The van der Waals surface area contributed by atoms with Gasteiger partial charge in [0, 0.05) is 34.1 Å². The summed E-state index contributed by atoms with van der Waals surface area (Å²) in [5.41, 5.74) is 25.6. The Kier molecular flexibility index (Phi) is 10.8. The quantitative estimate of drug-likeness (QED) is 0.135. The second-order valence-corrected chi connectivity index (χ2v) is 19.6. The molecule has 12 aromatic rings. The van der Waals surface area contributed by atoms with Crippen LogP contribution in [0.2, 0.25) is 0 Å². The molecule has 2 nitrogen and oxygen atoms in total. The molecule has 1 spiro atoms. The lowest BCUT2D eigenvalue weighted by Gasteiger charge is -2.33. The van der Waals surface area contributed by atoms with Crippen LogP contribution in [0.3, 0.4) is 0 Å². The Labute approximate surface area is 439 Å². The molecule has 0 N–H and O–H groups in total. The van der Waals surface area contributed by atoms with Gasteiger partial charge in [0.25, 0.3) is 0 Å². The number of hydrogen-bond acceptors (Lipinski definition) is 2. The number of anilines is 6. The Hall–Kier alpha value is -9.76. The summed E-state index contributed by atoms with van der Waals surface area (Å²) in [5, 5.41) is 0. The van der Waals surface area contributed by atoms with E-state index in [0.29, 0.717) is 0 Å². The maximum Gasteiger partial charge on any atom is 0.0727 e. The zero-order chi connectivity index (χ0) is 49.7. The first-order chi connectivity index (χ1) is 37.2. The Morgan fingerprint density at radius 3 is 0.840 bits per heavy atom. The molecule has 12 aromatic carbocycles. The summed E-state index contributed by atoms with van der Waals surface area (Å²) in [7, 11) is 0. The zero-order valence-electron chi connectivity index (χ0n) is 41.3. The minimum absolute atomic E-state index is 0.618. The second-order valence-electron chi connectivity index (χ2n) is 19.6. The van der Waals surface area contributed by atoms with E-state index in [0.717, 1.165) is 34.1 Å². The molecular weight excluding hydrogens is 905 g/mol. The number of nitrogens with zero attached hydrogens (tertiary/aromatic N) is 2. The maximum absolute atomic E-state index is 2.50. The predicted molar refractivity (Wildman–Crippen MR) is 314 cm³/mol. The van der Waals surface area contributed by atoms with Gasteiger partial charge in [-0.2, -0.15) is 0 Å². The lowest BCUT2D eigenvalue weighted by atomic mass is 9.70. The minimum Gasteiger partial charge on any atom is -0.310 e. The first-order valence-electron chi connectivity index (χ1n) is 25.9. The van der Waals surface area contributed by atoms with Crippen LogP contribution in [0.4, 0.5) is 34.1 Å². The van der Waals surface area contributed by atoms with E-state index in [9.17, 15) is 0 Å². The summed E-state index contributed by atoms with van der Waals surface area (Å²) in [6.45, 7) is 0. The van der Waals surface area contributed by atoms with Crippen LogP contribution in [-0.4, -0.2) is 0 Å². The van der Waals surface area contributed by atoms with Crippen LogP contribution in [0.5, 0.6) is 0 Å². The normalized spacial score (nSPS) is 12.4. The molecule has 2 heteroatoms. The number of rotatable bonds is 10. The molecule has 0 aromatic heterocycles. The average Bonchev–Trinajstić information content (AvgIpc) is 3.96. The van der Waals surface area contributed by atoms with Crippen LogP contribution in [0.1, 0.15) is 22.3 Å². The van der Waals surface area contributed by atoms with Gasteiger partial charge in [0.15, 0.2) is 0 Å². The number of hydrogen-bond donors (Lipinski definition) is 0. The van der Waals surface area contributed by atoms with E-state index >= 15 is 0 Å². The Bertz CT molecular complexity index is 3770. The first-order valence-corrected chi connectivity index (χ1v) is 25.9. The predicted octanol–water partition coefficient (Wildman–Crippen LogP) is 19.6. The third-order valence-electron chi connectivity index (χ3n) is 15.5. The van der Waals surface area contributed by atoms with Crippen molar-refractivity contribution in [2.75, 3.05) is 9.80 Å². The van der Waals surface area contributed by atoms with Gasteiger partial charge in [-0.25, -0.2) is 0 Å². The van der Waals surface area contributed by atoms with Crippen molar-refractivity contribution in [1.29, 1.82) is 0 Å². The van der Waals surface area contributed by atoms with E-state index < -0.39 is 5.41 Å². The topological polar surface area (TPSA) is 6.48 Å². The van der Waals surface area contributed by atoms with E-state index in [4.69, 9.17) is 0 Å². The van der Waals surface area contributed by atoms with Gasteiger partial charge in [-0.15, -0.1) is 0 Å². The van der Waals surface area contributed by atoms with E-state index in [-0.39, 0.29) is 0 Å². The molecule has 0 radical (unpaired) electrons. The van der Waals surface area contributed by atoms with Crippen molar-refractivity contribution in [2.45, 2.75) is 5.41 Å². The van der Waals surface area contributed by atoms with Crippen molar-refractivity contribution in [3.63, 3.8) is 0 Å². The summed E-state index contributed by atoms with van der Waals surface area (Å²) in [4.78, 5) is 4.88. The zero-order valence-corrected chi connectivity index (χ0v) is 41.3. The molecule has 2 aliphatic carbocycles. The molecule has 352 valence electrons. The summed E-state index contributed by atoms with van der Waals surface area (Å²) < 4.78 is 0. The lowest BCUT2D eigenvalue weighted by Crippen LogP contribution is -2.26. The van der Waals surface area contributed by atoms with Crippen molar-refractivity contribution in [1.82, 2.24) is 0 Å². The highest BCUT2D eigenvalue weighted by molar-refractivity contribution is 5.98. The third kappa shape index (κ3) is 7.49. The molecule has 0 heterocycles. The van der Waals surface area contributed by atoms with Crippen LogP contribution < -0.4 is 9.80 Å². The highest BCUT2D eigenvalue weighted by Gasteiger charge is 2.52.